The standard InChI is InChI=1S/C20H22OP2/c1-11-7-13(3)17(14(4)8-11)19-21-23-20(22-19)18-15(5)9-12(2)10-16(18)6/h7-10H,1-6H3. The quantitative estimate of drug-likeness (QED) is 0.467. The van der Waals surface area contributed by atoms with Gasteiger partial charge in [0.15, 0.2) is 5.49 Å². The molecule has 0 atom stereocenters. The van der Waals surface area contributed by atoms with E-state index in [1.165, 1.54) is 57.7 Å². The second-order valence-electron chi connectivity index (χ2n) is 6.47. The van der Waals surface area contributed by atoms with Crippen LogP contribution in [0.4, 0.5) is 0 Å². The maximum atomic E-state index is 6.09. The molecule has 3 rings (SSSR count). The SMILES string of the molecule is Cc1cc(C)c(-c2opc(-c3c(C)cc(C)cc3C)p2)c(C)c1. The second kappa shape index (κ2) is 6.23. The van der Waals surface area contributed by atoms with Crippen molar-refractivity contribution < 1.29 is 4.20 Å². The average Bonchev–Trinajstić information content (AvgIpc) is 2.85. The van der Waals surface area contributed by atoms with Crippen LogP contribution in [0.2, 0.25) is 0 Å². The van der Waals surface area contributed by atoms with Crippen LogP contribution in [-0.2, 0) is 0 Å². The Morgan fingerprint density at radius 1 is 0.652 bits per heavy atom. The summed E-state index contributed by atoms with van der Waals surface area (Å²) in [5, 5.41) is 1.36. The highest BCUT2D eigenvalue weighted by molar-refractivity contribution is 7.52. The molecule has 2 aromatic carbocycles. The van der Waals surface area contributed by atoms with E-state index in [1.54, 1.807) is 0 Å². The van der Waals surface area contributed by atoms with Crippen LogP contribution >= 0.6 is 16.6 Å². The lowest BCUT2D eigenvalue weighted by Crippen LogP contribution is -1.87. The highest BCUT2D eigenvalue weighted by Crippen LogP contribution is 2.48. The molecule has 0 N–H and O–H groups in total. The molecule has 0 saturated carbocycles. The molecule has 1 nitrogen and oxygen atoms in total. The molecule has 1 aromatic heterocycles. The third kappa shape index (κ3) is 3.14. The molecule has 23 heavy (non-hydrogen) atoms. The lowest BCUT2D eigenvalue weighted by Gasteiger charge is -2.09. The van der Waals surface area contributed by atoms with Gasteiger partial charge in [-0.05, 0) is 77.6 Å². The minimum atomic E-state index is 0.976. The molecule has 0 spiro atoms. The third-order valence-corrected chi connectivity index (χ3v) is 6.53. The summed E-state index contributed by atoms with van der Waals surface area (Å²) in [5.41, 5.74) is 11.7. The van der Waals surface area contributed by atoms with Crippen LogP contribution in [0.3, 0.4) is 0 Å². The molecule has 0 aliphatic heterocycles. The van der Waals surface area contributed by atoms with E-state index in [1.807, 2.05) is 0 Å². The van der Waals surface area contributed by atoms with Crippen LogP contribution in [0.1, 0.15) is 33.4 Å². The fourth-order valence-electron chi connectivity index (χ4n) is 3.48. The van der Waals surface area contributed by atoms with E-state index >= 15 is 0 Å². The van der Waals surface area contributed by atoms with Crippen molar-refractivity contribution in [2.45, 2.75) is 41.5 Å². The van der Waals surface area contributed by atoms with Gasteiger partial charge in [-0.15, -0.1) is 0 Å². The van der Waals surface area contributed by atoms with Crippen molar-refractivity contribution in [2.75, 3.05) is 0 Å². The van der Waals surface area contributed by atoms with Gasteiger partial charge in [0.1, 0.15) is 8.43 Å². The minimum Gasteiger partial charge on any atom is -0.433 e. The van der Waals surface area contributed by atoms with E-state index in [9.17, 15) is 0 Å². The van der Waals surface area contributed by atoms with Crippen molar-refractivity contribution in [3.05, 3.63) is 57.6 Å². The van der Waals surface area contributed by atoms with Crippen LogP contribution < -0.4 is 0 Å². The summed E-state index contributed by atoms with van der Waals surface area (Å²) in [6.45, 7) is 13.1. The van der Waals surface area contributed by atoms with Crippen molar-refractivity contribution in [1.29, 1.82) is 0 Å². The summed E-state index contributed by atoms with van der Waals surface area (Å²) < 4.78 is 6.09. The number of hydrogen-bond acceptors (Lipinski definition) is 1. The number of benzene rings is 2. The van der Waals surface area contributed by atoms with Crippen molar-refractivity contribution in [1.82, 2.24) is 0 Å². The van der Waals surface area contributed by atoms with E-state index < -0.39 is 0 Å². The lowest BCUT2D eigenvalue weighted by atomic mass is 10.0. The first-order valence-electron chi connectivity index (χ1n) is 7.87. The molecular formula is C20H22OP2. The largest absolute Gasteiger partial charge is 0.433 e. The van der Waals surface area contributed by atoms with Crippen LogP contribution in [-0.4, -0.2) is 0 Å². The molecule has 0 unspecified atom stereocenters. The van der Waals surface area contributed by atoms with E-state index in [4.69, 9.17) is 4.20 Å². The van der Waals surface area contributed by atoms with Crippen LogP contribution in [0.15, 0.2) is 28.5 Å². The topological polar surface area (TPSA) is 13.1 Å². The summed E-state index contributed by atoms with van der Waals surface area (Å²) in [7, 11) is 2.18. The molecule has 0 radical (unpaired) electrons. The average molecular weight is 340 g/mol. The molecular weight excluding hydrogens is 318 g/mol. The maximum Gasteiger partial charge on any atom is 0.166 e. The number of rotatable bonds is 2. The monoisotopic (exact) mass is 340 g/mol. The summed E-state index contributed by atoms with van der Waals surface area (Å²) >= 11 is 0. The molecule has 0 aliphatic rings. The van der Waals surface area contributed by atoms with Gasteiger partial charge in [-0.2, -0.15) is 0 Å². The predicted octanol–water partition coefficient (Wildman–Crippen LogP) is 7.62. The third-order valence-electron chi connectivity index (χ3n) is 4.22. The second-order valence-corrected chi connectivity index (χ2v) is 8.71. The first-order valence-corrected chi connectivity index (χ1v) is 9.57. The first kappa shape index (κ1) is 16.4. The van der Waals surface area contributed by atoms with Crippen molar-refractivity contribution >= 4 is 16.6 Å². The Kier molecular flexibility index (Phi) is 4.45. The van der Waals surface area contributed by atoms with Gasteiger partial charge in [0.25, 0.3) is 0 Å². The van der Waals surface area contributed by atoms with Gasteiger partial charge in [0.05, 0.1) is 5.03 Å². The van der Waals surface area contributed by atoms with E-state index in [2.05, 4.69) is 65.8 Å². The first-order chi connectivity index (χ1) is 10.9. The molecule has 3 aromatic rings. The lowest BCUT2D eigenvalue weighted by molar-refractivity contribution is 0.721. The predicted molar refractivity (Wildman–Crippen MR) is 103 cm³/mol. The normalized spacial score (nSPS) is 11.7. The zero-order chi connectivity index (χ0) is 16.7. The van der Waals surface area contributed by atoms with Crippen molar-refractivity contribution in [3.63, 3.8) is 0 Å². The smallest absolute Gasteiger partial charge is 0.166 e. The Bertz CT molecular complexity index is 772. The van der Waals surface area contributed by atoms with Crippen LogP contribution in [0.5, 0.6) is 0 Å². The Hall–Kier alpha value is -1.42. The molecule has 0 fully saturated rings. The van der Waals surface area contributed by atoms with Gasteiger partial charge in [0.2, 0.25) is 0 Å². The van der Waals surface area contributed by atoms with Crippen LogP contribution in [0, 0.1) is 41.5 Å². The zero-order valence-corrected chi connectivity index (χ0v) is 16.4. The van der Waals surface area contributed by atoms with Gasteiger partial charge in [0, 0.05) is 5.56 Å². The number of hydrogen-bond donors (Lipinski definition) is 0. The molecule has 0 aliphatic carbocycles. The fourth-order valence-corrected chi connectivity index (χ4v) is 6.15. The fraction of sp³-hybridized carbons (Fsp3) is 0.300. The summed E-state index contributed by atoms with van der Waals surface area (Å²) in [6.07, 6.45) is 0. The summed E-state index contributed by atoms with van der Waals surface area (Å²) in [4.78, 5) is 0. The van der Waals surface area contributed by atoms with Gasteiger partial charge in [-0.1, -0.05) is 35.4 Å². The van der Waals surface area contributed by atoms with Crippen molar-refractivity contribution in [3.8, 4) is 21.6 Å². The Labute approximate surface area is 142 Å². The molecule has 1 heterocycles. The van der Waals surface area contributed by atoms with E-state index in [-0.39, 0.29) is 0 Å². The van der Waals surface area contributed by atoms with Crippen LogP contribution in [0.25, 0.3) is 21.6 Å². The minimum absolute atomic E-state index is 0.976. The highest BCUT2D eigenvalue weighted by atomic mass is 31.1. The summed E-state index contributed by atoms with van der Waals surface area (Å²) in [6, 6.07) is 9.01. The molecule has 0 bridgehead atoms. The number of aryl methyl sites for hydroxylation is 6. The molecule has 118 valence electrons. The molecule has 0 saturated heterocycles. The molecule has 0 amide bonds. The highest BCUT2D eigenvalue weighted by Gasteiger charge is 2.16. The van der Waals surface area contributed by atoms with Crippen molar-refractivity contribution in [2.24, 2.45) is 0 Å². The molecule has 3 heteroatoms. The van der Waals surface area contributed by atoms with Gasteiger partial charge in [-0.3, -0.25) is 0 Å². The van der Waals surface area contributed by atoms with Gasteiger partial charge in [-0.25, -0.2) is 0 Å². The maximum absolute atomic E-state index is 6.09. The Balaban J connectivity index is 2.13. The van der Waals surface area contributed by atoms with Gasteiger partial charge >= 0.3 is 0 Å². The Morgan fingerprint density at radius 3 is 1.57 bits per heavy atom. The Morgan fingerprint density at radius 2 is 1.09 bits per heavy atom. The van der Waals surface area contributed by atoms with E-state index in [0.717, 1.165) is 13.9 Å². The van der Waals surface area contributed by atoms with E-state index in [0.29, 0.717) is 0 Å². The zero-order valence-electron chi connectivity index (χ0n) is 14.6. The summed E-state index contributed by atoms with van der Waals surface area (Å²) in [5.74, 6) is 0. The van der Waals surface area contributed by atoms with Gasteiger partial charge < -0.3 is 4.20 Å².